The Labute approximate surface area is 413 Å². The molecule has 6 aromatic heterocycles. The van der Waals surface area contributed by atoms with Crippen molar-refractivity contribution in [2.75, 3.05) is 37.0 Å². The predicted molar refractivity (Wildman–Crippen MR) is 234 cm³/mol. The van der Waals surface area contributed by atoms with Crippen molar-refractivity contribution in [1.29, 1.82) is 0 Å². The monoisotopic (exact) mass is 1170 g/mol. The Morgan fingerprint density at radius 2 is 0.880 bits per heavy atom. The van der Waals surface area contributed by atoms with Crippen molar-refractivity contribution in [3.05, 3.63) is 38.0 Å². The molecule has 0 bridgehead atoms. The molecule has 0 spiro atoms. The number of ether oxygens (including phenoxy) is 3. The molecule has 6 aromatic rings. The van der Waals surface area contributed by atoms with Crippen molar-refractivity contribution in [2.24, 2.45) is 0 Å². The average Bonchev–Trinajstić information content (AvgIpc) is 4.18. The summed E-state index contributed by atoms with van der Waals surface area (Å²) >= 11 is 0. The van der Waals surface area contributed by atoms with Crippen LogP contribution in [0.25, 0.3) is 33.5 Å². The largest absolute Gasteiger partial charge is 0.490 e. The summed E-state index contributed by atoms with van der Waals surface area (Å²) in [5.74, 6) is -0.407. The number of hydrogen-bond donors (Lipinski definition) is 11. The fourth-order valence-electron chi connectivity index (χ4n) is 7.78. The van der Waals surface area contributed by atoms with E-state index >= 15 is 8.78 Å². The van der Waals surface area contributed by atoms with Crippen molar-refractivity contribution in [1.82, 2.24) is 58.6 Å². The van der Waals surface area contributed by atoms with Gasteiger partial charge in [-0.25, -0.2) is 76.5 Å². The van der Waals surface area contributed by atoms with Gasteiger partial charge in [0.15, 0.2) is 65.4 Å². The van der Waals surface area contributed by atoms with Gasteiger partial charge < -0.3 is 71.0 Å². The number of hydrogen-bond acceptors (Lipinski definition) is 29. The molecule has 3 aliphatic heterocycles. The second-order valence-corrected chi connectivity index (χ2v) is 23.1. The van der Waals surface area contributed by atoms with E-state index in [9.17, 15) is 52.6 Å². The summed E-state index contributed by atoms with van der Waals surface area (Å²) in [6.07, 6.45) is -18.3. The quantitative estimate of drug-likeness (QED) is 0.0395. The van der Waals surface area contributed by atoms with Crippen LogP contribution in [0, 0.1) is 0 Å². The lowest BCUT2D eigenvalue weighted by atomic mass is 10.1. The van der Waals surface area contributed by atoms with Crippen LogP contribution < -0.4 is 17.2 Å². The molecule has 16 atom stereocenters. The van der Waals surface area contributed by atoms with Crippen LogP contribution in [0.2, 0.25) is 0 Å². The molecule has 0 radical (unpaired) electrons. The van der Waals surface area contributed by atoms with Crippen LogP contribution in [0.4, 0.5) is 26.2 Å². The second-order valence-electron chi connectivity index (χ2n) is 15.9. The molecule has 9 rings (SSSR count). The van der Waals surface area contributed by atoms with E-state index in [0.29, 0.717) is 0 Å². The fourth-order valence-corrected chi connectivity index (χ4v) is 12.7. The molecule has 3 saturated heterocycles. The first kappa shape index (κ1) is 55.1. The lowest BCUT2D eigenvalue weighted by molar-refractivity contribution is -0.0632. The highest BCUT2D eigenvalue weighted by molar-refractivity contribution is 7.66. The number of alkyl halides is 2. The van der Waals surface area contributed by atoms with Crippen molar-refractivity contribution in [2.45, 2.75) is 73.8 Å². The van der Waals surface area contributed by atoms with Gasteiger partial charge in [-0.2, -0.15) is 8.62 Å². The molecule has 0 aromatic carbocycles. The van der Waals surface area contributed by atoms with Crippen LogP contribution >= 0.6 is 39.1 Å². The first-order valence-electron chi connectivity index (χ1n) is 20.6. The Morgan fingerprint density at radius 1 is 0.493 bits per heavy atom. The van der Waals surface area contributed by atoms with Gasteiger partial charge in [0, 0.05) is 0 Å². The Balaban J connectivity index is 0.912. The first-order chi connectivity index (χ1) is 35.1. The Morgan fingerprint density at radius 3 is 1.36 bits per heavy atom. The fraction of sp³-hybridized carbons (Fsp3) is 0.500. The summed E-state index contributed by atoms with van der Waals surface area (Å²) in [4.78, 5) is 94.8. The zero-order valence-corrected chi connectivity index (χ0v) is 41.3. The highest BCUT2D eigenvalue weighted by Gasteiger charge is 2.55. The number of aliphatic hydroxyl groups is 2. The number of nitrogen functional groups attached to an aromatic ring is 3. The third-order valence-corrected chi connectivity index (χ3v) is 16.8. The highest BCUT2D eigenvalue weighted by Crippen LogP contribution is 2.66. The number of halogens is 2. The second kappa shape index (κ2) is 20.6. The topological polar surface area (TPSA) is 548 Å². The molecule has 45 heteroatoms. The van der Waals surface area contributed by atoms with Crippen LogP contribution in [0.3, 0.4) is 0 Å². The van der Waals surface area contributed by atoms with E-state index in [1.165, 1.54) is 0 Å². The molecular formula is C30H38F2N15O23P5. The maximum atomic E-state index is 16.7. The molecule has 0 saturated carbocycles. The molecular weight excluding hydrogens is 1130 g/mol. The summed E-state index contributed by atoms with van der Waals surface area (Å²) in [7, 11) is -28.9. The standard InChI is InChI=1S/C30H38F2N15O23P5/c31-13-10(64-28(19(13)49)45-7-42-15-22(33)36-4-39-25(15)45)1-61-72(53,54)67-20-14(32)11(65-29(20)46-8-43-16-23(34)37-5-40-26(16)46)2-62-73(55,56)68-21-18(48)12(3-63-74(57,58)70-75(59,60)69-71(50,51)52)66-30(21)47-9-44-17-24(35)38-6-41-27(17)47/h4-14,18-21,28-30,48-49H,1-3H2,(H,53,54)(H,55,56)(H,57,58)(H,59,60)(H2,33,36,39)(H2,34,37,40)(H2,35,38,41)(H2,50,51,52)/t10-,11-,12-,13-,14+,18-,19-,20-,21-,28-,29-,30-/m1/s1. The van der Waals surface area contributed by atoms with Gasteiger partial charge in [0.25, 0.3) is 0 Å². The molecule has 14 N–H and O–H groups in total. The number of rotatable bonds is 20. The highest BCUT2D eigenvalue weighted by atomic mass is 31.3. The predicted octanol–water partition coefficient (Wildman–Crippen LogP) is -1.31. The molecule has 0 aliphatic carbocycles. The Bertz CT molecular complexity index is 3360. The van der Waals surface area contributed by atoms with Gasteiger partial charge >= 0.3 is 39.1 Å². The lowest BCUT2D eigenvalue weighted by Gasteiger charge is -2.25. The number of aliphatic hydroxyl groups excluding tert-OH is 2. The summed E-state index contributed by atoms with van der Waals surface area (Å²) in [5.41, 5.74) is 17.3. The number of fused-ring (bicyclic) bond motifs is 3. The van der Waals surface area contributed by atoms with Crippen LogP contribution in [0.1, 0.15) is 18.7 Å². The van der Waals surface area contributed by atoms with E-state index in [-0.39, 0.29) is 50.9 Å². The molecule has 9 heterocycles. The van der Waals surface area contributed by atoms with E-state index in [1.54, 1.807) is 0 Å². The van der Waals surface area contributed by atoms with Crippen LogP contribution in [0.15, 0.2) is 38.0 Å². The van der Waals surface area contributed by atoms with Crippen molar-refractivity contribution >= 4 is 90.1 Å². The number of nitrogens with zero attached hydrogens (tertiary/aromatic N) is 12. The molecule has 4 unspecified atom stereocenters. The minimum absolute atomic E-state index is 0.0411. The summed E-state index contributed by atoms with van der Waals surface area (Å²) in [5, 5.41) is 22.1. The van der Waals surface area contributed by atoms with Gasteiger partial charge in [-0.1, -0.05) is 0 Å². The smallest absolute Gasteiger partial charge is 0.387 e. The molecule has 3 aliphatic rings. The molecule has 38 nitrogen and oxygen atoms in total. The molecule has 0 amide bonds. The SMILES string of the molecule is Nc1ncnc2c1ncn2[C@@H]1O[C@H](COP(=O)(O)O[C@@H]2[C@@H](F)[C@@H](COP(=O)(O)O[C@@H]3[C@H](O)[C@@H](COP(=O)(O)OP(=O)(O)OP(=O)(O)O)O[C@H]3n3cnc4c(N)ncnc43)O[C@H]2n2cnc3c(N)ncnc32)[C@@H](F)[C@H]1O. The van der Waals surface area contributed by atoms with Crippen molar-refractivity contribution in [3.63, 3.8) is 0 Å². The normalized spacial score (nSPS) is 30.7. The van der Waals surface area contributed by atoms with Gasteiger partial charge in [0.2, 0.25) is 0 Å². The number of anilines is 3. The Kier molecular flexibility index (Phi) is 15.1. The average molecular weight is 1170 g/mol. The Hall–Kier alpha value is -4.66. The minimum Gasteiger partial charge on any atom is -0.387 e. The van der Waals surface area contributed by atoms with Gasteiger partial charge in [0.1, 0.15) is 78.3 Å². The maximum absolute atomic E-state index is 16.7. The first-order valence-corrected chi connectivity index (χ1v) is 28.1. The zero-order valence-electron chi connectivity index (χ0n) is 36.8. The number of nitrogens with two attached hydrogens (primary N) is 3. The van der Waals surface area contributed by atoms with E-state index in [1.807, 2.05) is 0 Å². The third kappa shape index (κ3) is 11.6. The van der Waals surface area contributed by atoms with Crippen LogP contribution in [-0.4, -0.2) is 173 Å². The minimum atomic E-state index is -6.01. The molecule has 75 heavy (non-hydrogen) atoms. The molecule has 3 fully saturated rings. The van der Waals surface area contributed by atoms with Crippen molar-refractivity contribution in [3.8, 4) is 0 Å². The van der Waals surface area contributed by atoms with E-state index in [4.69, 9.17) is 59.3 Å². The zero-order chi connectivity index (χ0) is 54.2. The van der Waals surface area contributed by atoms with Crippen LogP contribution in [0.5, 0.6) is 0 Å². The molecule has 410 valence electrons. The number of phosphoric acid groups is 5. The van der Waals surface area contributed by atoms with Gasteiger partial charge in [-0.3, -0.25) is 36.3 Å². The van der Waals surface area contributed by atoms with E-state index in [2.05, 4.69) is 58.0 Å². The van der Waals surface area contributed by atoms with Crippen molar-refractivity contribution < 1.29 is 117 Å². The number of aromatic nitrogens is 12. The number of phosphoric ester groups is 3. The van der Waals surface area contributed by atoms with E-state index < -0.39 is 133 Å². The lowest BCUT2D eigenvalue weighted by Crippen LogP contribution is -2.36. The maximum Gasteiger partial charge on any atom is 0.490 e. The van der Waals surface area contributed by atoms with Crippen LogP contribution in [-0.2, 0) is 68.3 Å². The third-order valence-electron chi connectivity index (χ3n) is 11.0. The van der Waals surface area contributed by atoms with Gasteiger partial charge in [-0.05, 0) is 0 Å². The number of imidazole rings is 3. The van der Waals surface area contributed by atoms with E-state index in [0.717, 1.165) is 51.7 Å². The van der Waals surface area contributed by atoms with Gasteiger partial charge in [-0.15, -0.1) is 0 Å². The van der Waals surface area contributed by atoms with Gasteiger partial charge in [0.05, 0.1) is 38.8 Å². The summed E-state index contributed by atoms with van der Waals surface area (Å²) in [6, 6.07) is 0. The summed E-state index contributed by atoms with van der Waals surface area (Å²) in [6.45, 7) is -3.70. The summed E-state index contributed by atoms with van der Waals surface area (Å²) < 4.78 is 148.